The molecule has 1 heterocycles. The van der Waals surface area contributed by atoms with Crippen LogP contribution in [0.5, 0.6) is 0 Å². The van der Waals surface area contributed by atoms with Gasteiger partial charge < -0.3 is 14.9 Å². The fraction of sp³-hybridized carbons (Fsp3) is 0.400. The summed E-state index contributed by atoms with van der Waals surface area (Å²) in [4.78, 5) is 38.2. The number of likely N-dealkylation sites (N-methyl/N-ethyl adjacent to an activating group) is 1. The van der Waals surface area contributed by atoms with E-state index in [1.165, 1.54) is 4.90 Å². The molecule has 0 aliphatic carbocycles. The van der Waals surface area contributed by atoms with E-state index in [0.717, 1.165) is 10.2 Å². The van der Waals surface area contributed by atoms with E-state index >= 15 is 0 Å². The van der Waals surface area contributed by atoms with Crippen LogP contribution in [0.4, 0.5) is 5.69 Å². The van der Waals surface area contributed by atoms with Crippen molar-refractivity contribution in [2.75, 3.05) is 24.5 Å². The third-order valence-corrected chi connectivity index (χ3v) is 4.11. The monoisotopic (exact) mass is 368 g/mol. The van der Waals surface area contributed by atoms with E-state index in [0.29, 0.717) is 6.54 Å². The molecule has 0 saturated carbocycles. The summed E-state index contributed by atoms with van der Waals surface area (Å²) in [6.07, 6.45) is 0.113. The maximum absolute atomic E-state index is 12.4. The van der Waals surface area contributed by atoms with Gasteiger partial charge in [0.05, 0.1) is 5.92 Å². The molecule has 1 N–H and O–H groups in total. The fourth-order valence-electron chi connectivity index (χ4n) is 2.53. The van der Waals surface area contributed by atoms with E-state index in [4.69, 9.17) is 5.11 Å². The Morgan fingerprint density at radius 2 is 2.18 bits per heavy atom. The van der Waals surface area contributed by atoms with E-state index in [9.17, 15) is 14.4 Å². The Hall–Kier alpha value is -1.89. The van der Waals surface area contributed by atoms with E-state index in [-0.39, 0.29) is 31.3 Å². The van der Waals surface area contributed by atoms with Gasteiger partial charge in [-0.2, -0.15) is 0 Å². The molecule has 1 aliphatic heterocycles. The highest BCUT2D eigenvalue weighted by atomic mass is 79.9. The summed E-state index contributed by atoms with van der Waals surface area (Å²) >= 11 is 3.36. The van der Waals surface area contributed by atoms with Crippen molar-refractivity contribution in [2.24, 2.45) is 5.92 Å². The molecular weight excluding hydrogens is 352 g/mol. The summed E-state index contributed by atoms with van der Waals surface area (Å²) < 4.78 is 0.855. The SMILES string of the molecule is CCN(CC(=O)O)C(=O)C1CC(=O)N(c2cccc(Br)c2)C1. The summed E-state index contributed by atoms with van der Waals surface area (Å²) in [6.45, 7) is 1.98. The van der Waals surface area contributed by atoms with Crippen molar-refractivity contribution in [3.05, 3.63) is 28.7 Å². The first-order valence-corrected chi connectivity index (χ1v) is 7.78. The standard InChI is InChI=1S/C15H17BrN2O4/c1-2-17(9-14(20)21)15(22)10-6-13(19)18(8-10)12-5-3-4-11(16)7-12/h3-5,7,10H,2,6,8-9H2,1H3,(H,20,21). The van der Waals surface area contributed by atoms with Gasteiger partial charge >= 0.3 is 5.97 Å². The maximum atomic E-state index is 12.4. The maximum Gasteiger partial charge on any atom is 0.323 e. The number of carbonyl (C=O) groups is 3. The highest BCUT2D eigenvalue weighted by Crippen LogP contribution is 2.28. The van der Waals surface area contributed by atoms with Crippen molar-refractivity contribution >= 4 is 39.4 Å². The van der Waals surface area contributed by atoms with E-state index in [1.54, 1.807) is 11.8 Å². The average molecular weight is 369 g/mol. The lowest BCUT2D eigenvalue weighted by Crippen LogP contribution is -2.40. The summed E-state index contributed by atoms with van der Waals surface area (Å²) in [5.74, 6) is -1.95. The number of amides is 2. The van der Waals surface area contributed by atoms with E-state index in [1.807, 2.05) is 24.3 Å². The predicted octanol–water partition coefficient (Wildman–Crippen LogP) is 1.74. The topological polar surface area (TPSA) is 77.9 Å². The van der Waals surface area contributed by atoms with E-state index in [2.05, 4.69) is 15.9 Å². The zero-order chi connectivity index (χ0) is 16.3. The van der Waals surface area contributed by atoms with Crippen LogP contribution in [0, 0.1) is 5.92 Å². The van der Waals surface area contributed by atoms with Crippen LogP contribution in [-0.2, 0) is 14.4 Å². The minimum Gasteiger partial charge on any atom is -0.480 e. The number of halogens is 1. The van der Waals surface area contributed by atoms with Gasteiger partial charge in [-0.05, 0) is 25.1 Å². The Morgan fingerprint density at radius 1 is 1.45 bits per heavy atom. The van der Waals surface area contributed by atoms with Gasteiger partial charge in [-0.15, -0.1) is 0 Å². The number of hydrogen-bond donors (Lipinski definition) is 1. The molecule has 22 heavy (non-hydrogen) atoms. The Bertz CT molecular complexity index is 605. The number of aliphatic carboxylic acids is 1. The molecule has 1 aliphatic rings. The zero-order valence-corrected chi connectivity index (χ0v) is 13.7. The van der Waals surface area contributed by atoms with Crippen LogP contribution in [0.1, 0.15) is 13.3 Å². The van der Waals surface area contributed by atoms with Gasteiger partial charge in [0, 0.05) is 29.7 Å². The number of rotatable bonds is 5. The molecule has 1 atom stereocenters. The second-order valence-electron chi connectivity index (χ2n) is 5.13. The summed E-state index contributed by atoms with van der Waals surface area (Å²) in [7, 11) is 0. The summed E-state index contributed by atoms with van der Waals surface area (Å²) in [6, 6.07) is 7.31. The normalized spacial score (nSPS) is 17.6. The number of anilines is 1. The van der Waals surface area contributed by atoms with Crippen molar-refractivity contribution in [2.45, 2.75) is 13.3 Å². The molecule has 2 rings (SSSR count). The van der Waals surface area contributed by atoms with Gasteiger partial charge in [0.2, 0.25) is 11.8 Å². The molecule has 0 bridgehead atoms. The number of nitrogens with zero attached hydrogens (tertiary/aromatic N) is 2. The third kappa shape index (κ3) is 3.65. The van der Waals surface area contributed by atoms with Gasteiger partial charge in [0.15, 0.2) is 0 Å². The minimum absolute atomic E-state index is 0.113. The number of benzene rings is 1. The summed E-state index contributed by atoms with van der Waals surface area (Å²) in [5.41, 5.74) is 0.732. The van der Waals surface area contributed by atoms with Gasteiger partial charge in [0.25, 0.3) is 0 Å². The molecule has 2 amide bonds. The molecule has 6 nitrogen and oxygen atoms in total. The fourth-order valence-corrected chi connectivity index (χ4v) is 2.92. The van der Waals surface area contributed by atoms with Gasteiger partial charge in [-0.1, -0.05) is 22.0 Å². The molecule has 0 radical (unpaired) electrons. The Kier molecular flexibility index (Phi) is 5.18. The zero-order valence-electron chi connectivity index (χ0n) is 12.2. The van der Waals surface area contributed by atoms with Crippen molar-refractivity contribution in [1.29, 1.82) is 0 Å². The van der Waals surface area contributed by atoms with Crippen LogP contribution in [0.3, 0.4) is 0 Å². The molecule has 1 aromatic carbocycles. The smallest absolute Gasteiger partial charge is 0.323 e. The minimum atomic E-state index is -1.05. The van der Waals surface area contributed by atoms with Crippen LogP contribution in [0.25, 0.3) is 0 Å². The molecule has 7 heteroatoms. The lowest BCUT2D eigenvalue weighted by Gasteiger charge is -2.22. The number of carboxylic acid groups (broad SMARTS) is 1. The number of hydrogen-bond acceptors (Lipinski definition) is 3. The van der Waals surface area contributed by atoms with Crippen molar-refractivity contribution in [3.8, 4) is 0 Å². The van der Waals surface area contributed by atoms with Crippen molar-refractivity contribution in [3.63, 3.8) is 0 Å². The quantitative estimate of drug-likeness (QED) is 0.858. The first kappa shape index (κ1) is 16.5. The number of carboxylic acids is 1. The lowest BCUT2D eigenvalue weighted by atomic mass is 10.1. The highest BCUT2D eigenvalue weighted by molar-refractivity contribution is 9.10. The average Bonchev–Trinajstić information content (AvgIpc) is 2.86. The molecule has 1 fully saturated rings. The molecule has 1 unspecified atom stereocenters. The van der Waals surface area contributed by atoms with Crippen molar-refractivity contribution in [1.82, 2.24) is 4.90 Å². The molecule has 1 aromatic rings. The predicted molar refractivity (Wildman–Crippen MR) is 84.5 cm³/mol. The number of carbonyl (C=O) groups excluding carboxylic acids is 2. The molecular formula is C15H17BrN2O4. The van der Waals surface area contributed by atoms with Gasteiger partial charge in [0.1, 0.15) is 6.54 Å². The lowest BCUT2D eigenvalue weighted by molar-refractivity contribution is -0.146. The molecule has 0 spiro atoms. The molecule has 118 valence electrons. The molecule has 0 aromatic heterocycles. The first-order chi connectivity index (χ1) is 10.4. The Morgan fingerprint density at radius 3 is 2.77 bits per heavy atom. The van der Waals surface area contributed by atoms with Crippen LogP contribution < -0.4 is 4.90 Å². The van der Waals surface area contributed by atoms with Crippen LogP contribution in [0.2, 0.25) is 0 Å². The Balaban J connectivity index is 2.11. The van der Waals surface area contributed by atoms with Crippen LogP contribution in [-0.4, -0.2) is 47.4 Å². The second-order valence-corrected chi connectivity index (χ2v) is 6.05. The van der Waals surface area contributed by atoms with Crippen molar-refractivity contribution < 1.29 is 19.5 Å². The van der Waals surface area contributed by atoms with Crippen LogP contribution >= 0.6 is 15.9 Å². The van der Waals surface area contributed by atoms with E-state index < -0.39 is 11.9 Å². The first-order valence-electron chi connectivity index (χ1n) is 6.99. The van der Waals surface area contributed by atoms with Crippen LogP contribution in [0.15, 0.2) is 28.7 Å². The van der Waals surface area contributed by atoms with Gasteiger partial charge in [-0.25, -0.2) is 0 Å². The summed E-state index contributed by atoms with van der Waals surface area (Å²) in [5, 5.41) is 8.84. The molecule has 1 saturated heterocycles. The largest absolute Gasteiger partial charge is 0.480 e. The Labute approximate surface area is 136 Å². The third-order valence-electron chi connectivity index (χ3n) is 3.61. The second kappa shape index (κ2) is 6.91. The highest BCUT2D eigenvalue weighted by Gasteiger charge is 2.37. The van der Waals surface area contributed by atoms with Gasteiger partial charge in [-0.3, -0.25) is 14.4 Å².